The van der Waals surface area contributed by atoms with Crippen LogP contribution in [0.15, 0.2) is 24.3 Å². The van der Waals surface area contributed by atoms with Gasteiger partial charge in [0.1, 0.15) is 6.10 Å². The fourth-order valence-electron chi connectivity index (χ4n) is 8.19. The number of esters is 1. The van der Waals surface area contributed by atoms with Crippen molar-refractivity contribution >= 4 is 11.9 Å². The fourth-order valence-corrected chi connectivity index (χ4v) is 8.19. The van der Waals surface area contributed by atoms with Crippen molar-refractivity contribution in [3.05, 3.63) is 24.3 Å². The first-order chi connectivity index (χ1) is 29.5. The third-order valence-corrected chi connectivity index (χ3v) is 12.2. The molecule has 0 aliphatic heterocycles. The number of nitrogens with one attached hydrogen (secondary N) is 1. The first kappa shape index (κ1) is 58.3. The van der Waals surface area contributed by atoms with Crippen LogP contribution in [0.4, 0.5) is 0 Å². The maximum absolute atomic E-state index is 13.2. The molecular formula is C54H103NO5. The molecule has 0 aromatic carbocycles. The Labute approximate surface area is 373 Å². The molecular weight excluding hydrogens is 743 g/mol. The molecule has 0 heterocycles. The summed E-state index contributed by atoms with van der Waals surface area (Å²) in [5.41, 5.74) is 0. The molecule has 3 atom stereocenters. The normalized spacial score (nSPS) is 13.3. The Morgan fingerprint density at radius 2 is 0.833 bits per heavy atom. The van der Waals surface area contributed by atoms with Crippen molar-refractivity contribution in [2.24, 2.45) is 0 Å². The molecule has 0 radical (unpaired) electrons. The highest BCUT2D eigenvalue weighted by Gasteiger charge is 2.24. The number of carbonyl (C=O) groups is 2. The fraction of sp³-hybridized carbons (Fsp3) is 0.889. The highest BCUT2D eigenvalue weighted by molar-refractivity contribution is 5.77. The maximum atomic E-state index is 13.2. The summed E-state index contributed by atoms with van der Waals surface area (Å²) in [6.07, 6.45) is 55.4. The molecule has 6 nitrogen and oxygen atoms in total. The average molecular weight is 846 g/mol. The zero-order valence-corrected chi connectivity index (χ0v) is 40.4. The number of aliphatic hydroxyl groups excluding tert-OH is 2. The number of unbranched alkanes of at least 4 members (excludes halogenated alkanes) is 32. The standard InChI is InChI=1S/C54H103NO5/c1-4-7-10-13-16-19-21-23-25-27-28-30-32-34-37-40-43-46-52(57)51(49-56)55-53(58)48-50(45-42-39-36-18-15-12-9-6-3)60-54(59)47-44-41-38-35-33-31-29-26-24-22-20-17-14-11-8-5-2/h12,15,26,29,50-52,56-57H,4-11,13-14,16-25,27-28,30-49H2,1-3H3,(H,55,58)/b15-12-,29-26+. The monoisotopic (exact) mass is 846 g/mol. The molecule has 0 saturated carbocycles. The predicted octanol–water partition coefficient (Wildman–Crippen LogP) is 15.9. The van der Waals surface area contributed by atoms with E-state index in [9.17, 15) is 19.8 Å². The number of hydrogen-bond donors (Lipinski definition) is 3. The molecule has 0 spiro atoms. The van der Waals surface area contributed by atoms with Gasteiger partial charge in [-0.05, 0) is 70.6 Å². The Morgan fingerprint density at radius 3 is 1.27 bits per heavy atom. The van der Waals surface area contributed by atoms with Crippen LogP contribution in [0, 0.1) is 0 Å². The molecule has 0 rings (SSSR count). The molecule has 0 fully saturated rings. The first-order valence-corrected chi connectivity index (χ1v) is 26.6. The van der Waals surface area contributed by atoms with Gasteiger partial charge in [0, 0.05) is 6.42 Å². The lowest BCUT2D eigenvalue weighted by Crippen LogP contribution is -2.46. The van der Waals surface area contributed by atoms with Crippen molar-refractivity contribution in [1.29, 1.82) is 0 Å². The van der Waals surface area contributed by atoms with E-state index >= 15 is 0 Å². The number of aliphatic hydroxyl groups is 2. The van der Waals surface area contributed by atoms with Crippen molar-refractivity contribution in [3.8, 4) is 0 Å². The van der Waals surface area contributed by atoms with Gasteiger partial charge in [-0.1, -0.05) is 225 Å². The molecule has 0 aliphatic carbocycles. The zero-order chi connectivity index (χ0) is 43.8. The van der Waals surface area contributed by atoms with Crippen molar-refractivity contribution in [2.45, 2.75) is 302 Å². The van der Waals surface area contributed by atoms with Gasteiger partial charge >= 0.3 is 5.97 Å². The number of carbonyl (C=O) groups excluding carboxylic acids is 2. The minimum atomic E-state index is -0.789. The van der Waals surface area contributed by atoms with Crippen LogP contribution >= 0.6 is 0 Å². The summed E-state index contributed by atoms with van der Waals surface area (Å²) in [5, 5.41) is 23.8. The second-order valence-electron chi connectivity index (χ2n) is 18.3. The Hall–Kier alpha value is -1.66. The average Bonchev–Trinajstić information content (AvgIpc) is 3.24. The van der Waals surface area contributed by atoms with Crippen LogP contribution in [0.3, 0.4) is 0 Å². The number of hydrogen-bond acceptors (Lipinski definition) is 5. The lowest BCUT2D eigenvalue weighted by atomic mass is 10.0. The summed E-state index contributed by atoms with van der Waals surface area (Å²) in [7, 11) is 0. The van der Waals surface area contributed by atoms with Gasteiger partial charge in [-0.15, -0.1) is 0 Å². The largest absolute Gasteiger partial charge is 0.462 e. The van der Waals surface area contributed by atoms with E-state index in [0.29, 0.717) is 19.3 Å². The number of ether oxygens (including phenoxy) is 1. The number of rotatable bonds is 48. The summed E-state index contributed by atoms with van der Waals surface area (Å²) in [5.74, 6) is -0.492. The van der Waals surface area contributed by atoms with E-state index in [1.165, 1.54) is 161 Å². The highest BCUT2D eigenvalue weighted by Crippen LogP contribution is 2.18. The highest BCUT2D eigenvalue weighted by atomic mass is 16.5. The summed E-state index contributed by atoms with van der Waals surface area (Å²) < 4.78 is 5.90. The van der Waals surface area contributed by atoms with E-state index in [2.05, 4.69) is 50.4 Å². The van der Waals surface area contributed by atoms with Gasteiger partial charge in [0.15, 0.2) is 0 Å². The molecule has 354 valence electrons. The SMILES string of the molecule is CCC/C=C\CCCCCC(CC(=O)NC(CO)C(O)CCCCCCCCCCCCCCCCCCC)OC(=O)CCCCCCC/C=C/CCCCCCCCC. The van der Waals surface area contributed by atoms with Gasteiger partial charge in [-0.2, -0.15) is 0 Å². The van der Waals surface area contributed by atoms with Gasteiger partial charge in [0.05, 0.1) is 25.2 Å². The van der Waals surface area contributed by atoms with Crippen LogP contribution < -0.4 is 5.32 Å². The zero-order valence-electron chi connectivity index (χ0n) is 40.4. The summed E-state index contributed by atoms with van der Waals surface area (Å²) in [4.78, 5) is 26.0. The Kier molecular flexibility index (Phi) is 47.0. The molecule has 1 amide bonds. The second-order valence-corrected chi connectivity index (χ2v) is 18.3. The van der Waals surface area contributed by atoms with E-state index in [1.54, 1.807) is 0 Å². The van der Waals surface area contributed by atoms with Crippen molar-refractivity contribution in [1.82, 2.24) is 5.32 Å². The smallest absolute Gasteiger partial charge is 0.306 e. The number of allylic oxidation sites excluding steroid dienone is 4. The van der Waals surface area contributed by atoms with Gasteiger partial charge < -0.3 is 20.3 Å². The third kappa shape index (κ3) is 43.0. The van der Waals surface area contributed by atoms with E-state index < -0.39 is 18.2 Å². The van der Waals surface area contributed by atoms with Crippen LogP contribution in [0.2, 0.25) is 0 Å². The molecule has 0 saturated heterocycles. The van der Waals surface area contributed by atoms with Gasteiger partial charge in [0.25, 0.3) is 0 Å². The van der Waals surface area contributed by atoms with Crippen LogP contribution in [0.25, 0.3) is 0 Å². The van der Waals surface area contributed by atoms with Crippen LogP contribution in [0.5, 0.6) is 0 Å². The van der Waals surface area contributed by atoms with E-state index in [-0.39, 0.29) is 24.9 Å². The summed E-state index contributed by atoms with van der Waals surface area (Å²) in [6.45, 7) is 6.43. The van der Waals surface area contributed by atoms with E-state index in [4.69, 9.17) is 4.74 Å². The predicted molar refractivity (Wildman–Crippen MR) is 260 cm³/mol. The van der Waals surface area contributed by atoms with Gasteiger partial charge in [-0.25, -0.2) is 0 Å². The molecule has 0 aromatic rings. The van der Waals surface area contributed by atoms with Crippen LogP contribution in [-0.4, -0.2) is 46.9 Å². The molecule has 0 bridgehead atoms. The van der Waals surface area contributed by atoms with Crippen LogP contribution in [-0.2, 0) is 14.3 Å². The van der Waals surface area contributed by atoms with Gasteiger partial charge in [0.2, 0.25) is 5.91 Å². The van der Waals surface area contributed by atoms with Crippen molar-refractivity contribution in [2.75, 3.05) is 6.61 Å². The lowest BCUT2D eigenvalue weighted by Gasteiger charge is -2.24. The molecule has 3 N–H and O–H groups in total. The van der Waals surface area contributed by atoms with Gasteiger partial charge in [-0.3, -0.25) is 9.59 Å². The van der Waals surface area contributed by atoms with E-state index in [0.717, 1.165) is 77.0 Å². The minimum absolute atomic E-state index is 0.0664. The Balaban J connectivity index is 4.36. The Morgan fingerprint density at radius 1 is 0.467 bits per heavy atom. The third-order valence-electron chi connectivity index (χ3n) is 12.2. The first-order valence-electron chi connectivity index (χ1n) is 26.6. The maximum Gasteiger partial charge on any atom is 0.306 e. The molecule has 0 aromatic heterocycles. The Bertz CT molecular complexity index is 950. The van der Waals surface area contributed by atoms with Crippen LogP contribution in [0.1, 0.15) is 284 Å². The minimum Gasteiger partial charge on any atom is -0.462 e. The molecule has 0 aliphatic rings. The van der Waals surface area contributed by atoms with Crippen molar-refractivity contribution in [3.63, 3.8) is 0 Å². The quantitative estimate of drug-likeness (QED) is 0.0322. The second kappa shape index (κ2) is 48.4. The van der Waals surface area contributed by atoms with Crippen molar-refractivity contribution < 1.29 is 24.5 Å². The topological polar surface area (TPSA) is 95.9 Å². The molecule has 6 heteroatoms. The van der Waals surface area contributed by atoms with E-state index in [1.807, 2.05) is 0 Å². The summed E-state index contributed by atoms with van der Waals surface area (Å²) >= 11 is 0. The molecule has 60 heavy (non-hydrogen) atoms. The summed E-state index contributed by atoms with van der Waals surface area (Å²) in [6, 6.07) is -0.703. The molecule has 3 unspecified atom stereocenters. The number of amides is 1. The lowest BCUT2D eigenvalue weighted by molar-refractivity contribution is -0.151.